The summed E-state index contributed by atoms with van der Waals surface area (Å²) in [4.78, 5) is 27.4. The standard InChI is InChI=1S/C26H30N6O2/c1-18(32-25(33)15-13-23(30-32)20-6-7-20)26(34)27-21-10-8-19(9-11-21)22-12-14-24(29-28-22)31-16-4-2-3-5-17-31/h8-15,18,20H,2-7,16-17H2,1H3,(H,27,34). The summed E-state index contributed by atoms with van der Waals surface area (Å²) in [5.41, 5.74) is 2.98. The number of amides is 1. The number of anilines is 2. The largest absolute Gasteiger partial charge is 0.355 e. The molecule has 3 heterocycles. The number of hydrogen-bond acceptors (Lipinski definition) is 6. The Kier molecular flexibility index (Phi) is 6.38. The molecule has 1 aromatic carbocycles. The fourth-order valence-electron chi connectivity index (χ4n) is 4.34. The summed E-state index contributed by atoms with van der Waals surface area (Å²) < 4.78 is 1.28. The number of rotatable bonds is 6. The third-order valence-corrected chi connectivity index (χ3v) is 6.62. The van der Waals surface area contributed by atoms with Crippen molar-refractivity contribution in [1.29, 1.82) is 0 Å². The van der Waals surface area contributed by atoms with Crippen molar-refractivity contribution in [2.75, 3.05) is 23.3 Å². The molecule has 34 heavy (non-hydrogen) atoms. The zero-order valence-electron chi connectivity index (χ0n) is 19.5. The van der Waals surface area contributed by atoms with Crippen LogP contribution in [0.4, 0.5) is 11.5 Å². The van der Waals surface area contributed by atoms with E-state index < -0.39 is 6.04 Å². The summed E-state index contributed by atoms with van der Waals surface area (Å²) in [7, 11) is 0. The topological polar surface area (TPSA) is 93.0 Å². The summed E-state index contributed by atoms with van der Waals surface area (Å²) in [6.45, 7) is 3.76. The Morgan fingerprint density at radius 3 is 2.32 bits per heavy atom. The highest BCUT2D eigenvalue weighted by molar-refractivity contribution is 5.93. The van der Waals surface area contributed by atoms with E-state index in [1.165, 1.54) is 36.4 Å². The van der Waals surface area contributed by atoms with E-state index in [0.717, 1.165) is 48.7 Å². The first-order valence-electron chi connectivity index (χ1n) is 12.2. The molecular weight excluding hydrogens is 428 g/mol. The number of benzene rings is 1. The Balaban J connectivity index is 1.24. The van der Waals surface area contributed by atoms with Crippen molar-refractivity contribution >= 4 is 17.4 Å². The smallest absolute Gasteiger partial charge is 0.267 e. The van der Waals surface area contributed by atoms with E-state index in [4.69, 9.17) is 0 Å². The van der Waals surface area contributed by atoms with E-state index in [2.05, 4.69) is 25.5 Å². The molecule has 1 aliphatic heterocycles. The molecule has 1 aliphatic carbocycles. The molecule has 2 fully saturated rings. The predicted molar refractivity (Wildman–Crippen MR) is 132 cm³/mol. The summed E-state index contributed by atoms with van der Waals surface area (Å²) >= 11 is 0. The fraction of sp³-hybridized carbons (Fsp3) is 0.423. The van der Waals surface area contributed by atoms with Gasteiger partial charge in [0.2, 0.25) is 5.91 Å². The number of nitrogens with one attached hydrogen (secondary N) is 1. The summed E-state index contributed by atoms with van der Waals surface area (Å²) in [5, 5.41) is 16.2. The molecule has 8 nitrogen and oxygen atoms in total. The van der Waals surface area contributed by atoms with Crippen molar-refractivity contribution in [3.05, 3.63) is 64.6 Å². The second-order valence-electron chi connectivity index (χ2n) is 9.24. The van der Waals surface area contributed by atoms with Crippen LogP contribution in [0.1, 0.15) is 63.1 Å². The molecule has 2 aliphatic rings. The van der Waals surface area contributed by atoms with Gasteiger partial charge in [-0.05, 0) is 62.9 Å². The van der Waals surface area contributed by atoms with Crippen LogP contribution in [0.2, 0.25) is 0 Å². The quantitative estimate of drug-likeness (QED) is 0.596. The average Bonchev–Trinajstić information content (AvgIpc) is 3.72. The Hall–Kier alpha value is -3.55. The van der Waals surface area contributed by atoms with Gasteiger partial charge in [0.05, 0.1) is 11.4 Å². The highest BCUT2D eigenvalue weighted by Gasteiger charge is 2.27. The van der Waals surface area contributed by atoms with Crippen LogP contribution < -0.4 is 15.8 Å². The summed E-state index contributed by atoms with van der Waals surface area (Å²) in [5.74, 6) is 1.06. The van der Waals surface area contributed by atoms with Gasteiger partial charge in [-0.25, -0.2) is 4.68 Å². The van der Waals surface area contributed by atoms with Crippen LogP contribution in [0.5, 0.6) is 0 Å². The van der Waals surface area contributed by atoms with Gasteiger partial charge in [-0.2, -0.15) is 5.10 Å². The second kappa shape index (κ2) is 9.75. The number of aromatic nitrogens is 4. The highest BCUT2D eigenvalue weighted by Crippen LogP contribution is 2.38. The first kappa shape index (κ1) is 22.3. The molecule has 3 aromatic rings. The minimum Gasteiger partial charge on any atom is -0.355 e. The van der Waals surface area contributed by atoms with Gasteiger partial charge in [-0.3, -0.25) is 9.59 Å². The Morgan fingerprint density at radius 1 is 0.941 bits per heavy atom. The van der Waals surface area contributed by atoms with E-state index in [9.17, 15) is 9.59 Å². The Morgan fingerprint density at radius 2 is 1.68 bits per heavy atom. The Bertz CT molecular complexity index is 1190. The first-order valence-corrected chi connectivity index (χ1v) is 12.2. The Labute approximate surface area is 199 Å². The molecule has 176 valence electrons. The minimum atomic E-state index is -0.705. The molecule has 1 saturated carbocycles. The summed E-state index contributed by atoms with van der Waals surface area (Å²) in [6, 6.07) is 14.1. The van der Waals surface area contributed by atoms with Crippen LogP contribution in [-0.4, -0.2) is 39.0 Å². The lowest BCUT2D eigenvalue weighted by Crippen LogP contribution is -2.33. The van der Waals surface area contributed by atoms with Crippen molar-refractivity contribution in [1.82, 2.24) is 20.0 Å². The molecule has 2 aromatic heterocycles. The van der Waals surface area contributed by atoms with Crippen molar-refractivity contribution in [3.8, 4) is 11.3 Å². The fourth-order valence-corrected chi connectivity index (χ4v) is 4.34. The van der Waals surface area contributed by atoms with Crippen LogP contribution >= 0.6 is 0 Å². The minimum absolute atomic E-state index is 0.274. The molecule has 1 N–H and O–H groups in total. The first-order chi connectivity index (χ1) is 16.6. The van der Waals surface area contributed by atoms with E-state index in [-0.39, 0.29) is 11.5 Å². The van der Waals surface area contributed by atoms with Gasteiger partial charge >= 0.3 is 0 Å². The molecule has 1 amide bonds. The molecule has 0 spiro atoms. The van der Waals surface area contributed by atoms with Gasteiger partial charge in [-0.15, -0.1) is 10.2 Å². The van der Waals surface area contributed by atoms with Crippen LogP contribution in [0.25, 0.3) is 11.3 Å². The lowest BCUT2D eigenvalue weighted by atomic mass is 10.1. The zero-order chi connectivity index (χ0) is 23.5. The van der Waals surface area contributed by atoms with Crippen molar-refractivity contribution in [2.24, 2.45) is 0 Å². The molecule has 0 bridgehead atoms. The molecule has 1 unspecified atom stereocenters. The second-order valence-corrected chi connectivity index (χ2v) is 9.24. The third-order valence-electron chi connectivity index (χ3n) is 6.62. The van der Waals surface area contributed by atoms with Gasteiger partial charge in [0.25, 0.3) is 5.56 Å². The molecule has 0 radical (unpaired) electrons. The molecular formula is C26H30N6O2. The van der Waals surface area contributed by atoms with Crippen molar-refractivity contribution < 1.29 is 4.79 Å². The maximum atomic E-state index is 12.8. The lowest BCUT2D eigenvalue weighted by molar-refractivity contribution is -0.119. The third kappa shape index (κ3) is 5.00. The maximum absolute atomic E-state index is 12.8. The SMILES string of the molecule is CC(C(=O)Nc1ccc(-c2ccc(N3CCCCCC3)nn2)cc1)n1nc(C2CC2)ccc1=O. The van der Waals surface area contributed by atoms with Crippen molar-refractivity contribution in [2.45, 2.75) is 57.4 Å². The van der Waals surface area contributed by atoms with Gasteiger partial charge in [0.1, 0.15) is 6.04 Å². The number of carbonyl (C=O) groups excluding carboxylic acids is 1. The van der Waals surface area contributed by atoms with Crippen LogP contribution in [0, 0.1) is 0 Å². The van der Waals surface area contributed by atoms with Gasteiger partial charge in [0, 0.05) is 36.3 Å². The zero-order valence-corrected chi connectivity index (χ0v) is 19.5. The normalized spacial score (nSPS) is 17.1. The number of hydrogen-bond donors (Lipinski definition) is 1. The average molecular weight is 459 g/mol. The van der Waals surface area contributed by atoms with Crippen molar-refractivity contribution in [3.63, 3.8) is 0 Å². The maximum Gasteiger partial charge on any atom is 0.267 e. The van der Waals surface area contributed by atoms with Gasteiger partial charge in [0.15, 0.2) is 5.82 Å². The molecule has 8 heteroatoms. The van der Waals surface area contributed by atoms with Crippen LogP contribution in [0.3, 0.4) is 0 Å². The summed E-state index contributed by atoms with van der Waals surface area (Å²) in [6.07, 6.45) is 7.14. The van der Waals surface area contributed by atoms with E-state index in [1.54, 1.807) is 13.0 Å². The number of nitrogens with zero attached hydrogens (tertiary/aromatic N) is 5. The predicted octanol–water partition coefficient (Wildman–Crippen LogP) is 4.16. The number of carbonyl (C=O) groups is 1. The van der Waals surface area contributed by atoms with E-state index in [1.807, 2.05) is 36.4 Å². The van der Waals surface area contributed by atoms with Gasteiger partial charge in [-0.1, -0.05) is 25.0 Å². The molecule has 1 saturated heterocycles. The lowest BCUT2D eigenvalue weighted by Gasteiger charge is -2.20. The monoisotopic (exact) mass is 458 g/mol. The van der Waals surface area contributed by atoms with Crippen LogP contribution in [0.15, 0.2) is 53.3 Å². The molecule has 5 rings (SSSR count). The van der Waals surface area contributed by atoms with Crippen LogP contribution in [-0.2, 0) is 4.79 Å². The molecule has 1 atom stereocenters. The van der Waals surface area contributed by atoms with Gasteiger partial charge < -0.3 is 10.2 Å². The van der Waals surface area contributed by atoms with E-state index >= 15 is 0 Å². The van der Waals surface area contributed by atoms with E-state index in [0.29, 0.717) is 11.6 Å². The highest BCUT2D eigenvalue weighted by atomic mass is 16.2.